The SMILES string of the molecule is Cn1cnc2c1c(=O)n(CC1CCC(C(C)(C)O)CC1)c(=O)n2C. The number of hydrogen-bond donors (Lipinski definition) is 1. The molecule has 2 aromatic heterocycles. The van der Waals surface area contributed by atoms with Gasteiger partial charge in [0.2, 0.25) is 0 Å². The lowest BCUT2D eigenvalue weighted by molar-refractivity contribution is -0.00703. The third-order valence-corrected chi connectivity index (χ3v) is 5.49. The number of hydrogen-bond acceptors (Lipinski definition) is 4. The van der Waals surface area contributed by atoms with Crippen molar-refractivity contribution in [1.82, 2.24) is 18.7 Å². The fourth-order valence-corrected chi connectivity index (χ4v) is 3.87. The van der Waals surface area contributed by atoms with Crippen molar-refractivity contribution in [2.75, 3.05) is 0 Å². The van der Waals surface area contributed by atoms with Gasteiger partial charge < -0.3 is 9.67 Å². The summed E-state index contributed by atoms with van der Waals surface area (Å²) in [6, 6.07) is 0. The minimum atomic E-state index is -0.661. The van der Waals surface area contributed by atoms with Crippen LogP contribution in [0.25, 0.3) is 11.2 Å². The standard InChI is InChI=1S/C17H26N4O3/c1-17(2,24)12-7-5-11(6-8-12)9-21-15(22)13-14(18-10-19(13)3)20(4)16(21)23/h10-12,24H,5-9H2,1-4H3. The zero-order valence-corrected chi connectivity index (χ0v) is 14.8. The molecule has 0 spiro atoms. The highest BCUT2D eigenvalue weighted by Crippen LogP contribution is 2.35. The van der Waals surface area contributed by atoms with E-state index in [2.05, 4.69) is 4.98 Å². The third kappa shape index (κ3) is 2.81. The maximum Gasteiger partial charge on any atom is 0.332 e. The molecule has 1 N–H and O–H groups in total. The lowest BCUT2D eigenvalue weighted by atomic mass is 9.75. The summed E-state index contributed by atoms with van der Waals surface area (Å²) in [5, 5.41) is 10.2. The summed E-state index contributed by atoms with van der Waals surface area (Å²) in [6.07, 6.45) is 5.26. The zero-order chi connectivity index (χ0) is 17.6. The molecule has 2 heterocycles. The molecule has 0 aromatic carbocycles. The summed E-state index contributed by atoms with van der Waals surface area (Å²) in [4.78, 5) is 29.4. The molecule has 0 radical (unpaired) electrons. The van der Waals surface area contributed by atoms with Crippen LogP contribution < -0.4 is 11.2 Å². The van der Waals surface area contributed by atoms with Crippen LogP contribution in [0.2, 0.25) is 0 Å². The highest BCUT2D eigenvalue weighted by molar-refractivity contribution is 5.69. The van der Waals surface area contributed by atoms with Crippen molar-refractivity contribution in [1.29, 1.82) is 0 Å². The molecule has 0 atom stereocenters. The number of aromatic nitrogens is 4. The van der Waals surface area contributed by atoms with Gasteiger partial charge in [0.05, 0.1) is 11.9 Å². The predicted molar refractivity (Wildman–Crippen MR) is 92.0 cm³/mol. The van der Waals surface area contributed by atoms with E-state index in [9.17, 15) is 14.7 Å². The van der Waals surface area contributed by atoms with Gasteiger partial charge >= 0.3 is 5.69 Å². The summed E-state index contributed by atoms with van der Waals surface area (Å²) in [6.45, 7) is 4.15. The largest absolute Gasteiger partial charge is 0.390 e. The second-order valence-electron chi connectivity index (χ2n) is 7.66. The van der Waals surface area contributed by atoms with Crippen molar-refractivity contribution in [2.24, 2.45) is 25.9 Å². The molecule has 1 aliphatic carbocycles. The average Bonchev–Trinajstić information content (AvgIpc) is 2.91. The van der Waals surface area contributed by atoms with Crippen LogP contribution in [0.3, 0.4) is 0 Å². The van der Waals surface area contributed by atoms with E-state index >= 15 is 0 Å². The van der Waals surface area contributed by atoms with Crippen LogP contribution in [-0.4, -0.2) is 29.4 Å². The maximum atomic E-state index is 12.7. The molecule has 24 heavy (non-hydrogen) atoms. The van der Waals surface area contributed by atoms with Crippen molar-refractivity contribution < 1.29 is 5.11 Å². The first-order valence-corrected chi connectivity index (χ1v) is 8.53. The molecule has 0 saturated heterocycles. The first kappa shape index (κ1) is 17.0. The van der Waals surface area contributed by atoms with Gasteiger partial charge in [-0.2, -0.15) is 0 Å². The molecule has 3 rings (SSSR count). The summed E-state index contributed by atoms with van der Waals surface area (Å²) in [7, 11) is 3.42. The lowest BCUT2D eigenvalue weighted by Gasteiger charge is -2.35. The highest BCUT2D eigenvalue weighted by Gasteiger charge is 2.31. The molecule has 0 amide bonds. The fourth-order valence-electron chi connectivity index (χ4n) is 3.87. The first-order valence-electron chi connectivity index (χ1n) is 8.53. The van der Waals surface area contributed by atoms with Crippen LogP contribution in [0, 0.1) is 11.8 Å². The van der Waals surface area contributed by atoms with Crippen molar-refractivity contribution in [3.63, 3.8) is 0 Å². The van der Waals surface area contributed by atoms with Gasteiger partial charge in [-0.15, -0.1) is 0 Å². The minimum absolute atomic E-state index is 0.266. The molecule has 0 aliphatic heterocycles. The topological polar surface area (TPSA) is 82.1 Å². The van der Waals surface area contributed by atoms with Crippen LogP contribution in [0.4, 0.5) is 0 Å². The molecule has 1 saturated carbocycles. The molecular formula is C17H26N4O3. The number of imidazole rings is 1. The van der Waals surface area contributed by atoms with Gasteiger partial charge in [-0.1, -0.05) is 0 Å². The van der Waals surface area contributed by atoms with Crippen LogP contribution in [-0.2, 0) is 20.6 Å². The Morgan fingerprint density at radius 3 is 2.42 bits per heavy atom. The van der Waals surface area contributed by atoms with Gasteiger partial charge in [-0.05, 0) is 51.4 Å². The predicted octanol–water partition coefficient (Wildman–Crippen LogP) is 1.01. The van der Waals surface area contributed by atoms with E-state index in [4.69, 9.17) is 0 Å². The number of nitrogens with zero attached hydrogens (tertiary/aromatic N) is 4. The van der Waals surface area contributed by atoms with Gasteiger partial charge in [0.1, 0.15) is 0 Å². The van der Waals surface area contributed by atoms with Gasteiger partial charge in [0.15, 0.2) is 11.2 Å². The van der Waals surface area contributed by atoms with E-state index in [-0.39, 0.29) is 17.2 Å². The molecule has 132 valence electrons. The van der Waals surface area contributed by atoms with Gasteiger partial charge in [0, 0.05) is 20.6 Å². The molecule has 7 heteroatoms. The molecular weight excluding hydrogens is 308 g/mol. The Morgan fingerprint density at radius 1 is 1.21 bits per heavy atom. The van der Waals surface area contributed by atoms with Crippen molar-refractivity contribution >= 4 is 11.2 Å². The van der Waals surface area contributed by atoms with E-state index < -0.39 is 5.60 Å². The van der Waals surface area contributed by atoms with E-state index in [0.717, 1.165) is 25.7 Å². The second kappa shape index (κ2) is 5.88. The van der Waals surface area contributed by atoms with E-state index in [1.54, 1.807) is 25.0 Å². The Morgan fingerprint density at radius 2 is 1.83 bits per heavy atom. The molecule has 7 nitrogen and oxygen atoms in total. The summed E-state index contributed by atoms with van der Waals surface area (Å²) >= 11 is 0. The quantitative estimate of drug-likeness (QED) is 0.908. The number of fused-ring (bicyclic) bond motifs is 1. The van der Waals surface area contributed by atoms with E-state index in [1.807, 2.05) is 13.8 Å². The Labute approximate surface area is 140 Å². The highest BCUT2D eigenvalue weighted by atomic mass is 16.3. The maximum absolute atomic E-state index is 12.7. The van der Waals surface area contributed by atoms with Gasteiger partial charge in [-0.25, -0.2) is 9.78 Å². The lowest BCUT2D eigenvalue weighted by Crippen LogP contribution is -2.42. The smallest absolute Gasteiger partial charge is 0.332 e. The zero-order valence-electron chi connectivity index (χ0n) is 14.8. The minimum Gasteiger partial charge on any atom is -0.390 e. The first-order chi connectivity index (χ1) is 11.2. The van der Waals surface area contributed by atoms with Crippen molar-refractivity contribution in [3.8, 4) is 0 Å². The Hall–Kier alpha value is -1.89. The van der Waals surface area contributed by atoms with E-state index in [1.165, 1.54) is 9.13 Å². The molecule has 1 fully saturated rings. The van der Waals surface area contributed by atoms with E-state index in [0.29, 0.717) is 23.6 Å². The number of aliphatic hydroxyl groups is 1. The Balaban J connectivity index is 1.88. The summed E-state index contributed by atoms with van der Waals surface area (Å²) in [5.74, 6) is 0.576. The van der Waals surface area contributed by atoms with Crippen LogP contribution in [0.15, 0.2) is 15.9 Å². The van der Waals surface area contributed by atoms with Crippen molar-refractivity contribution in [3.05, 3.63) is 27.2 Å². The second-order valence-corrected chi connectivity index (χ2v) is 7.66. The van der Waals surface area contributed by atoms with Crippen LogP contribution in [0.5, 0.6) is 0 Å². The normalized spacial score (nSPS) is 22.2. The third-order valence-electron chi connectivity index (χ3n) is 5.49. The van der Waals surface area contributed by atoms with Crippen molar-refractivity contribution in [2.45, 2.75) is 51.7 Å². The fraction of sp³-hybridized carbons (Fsp3) is 0.706. The van der Waals surface area contributed by atoms with Crippen LogP contribution >= 0.6 is 0 Å². The molecule has 0 bridgehead atoms. The molecule has 0 unspecified atom stereocenters. The summed E-state index contributed by atoms with van der Waals surface area (Å²) < 4.78 is 4.46. The Bertz CT molecular complexity index is 861. The average molecular weight is 334 g/mol. The molecule has 1 aliphatic rings. The Kier molecular flexibility index (Phi) is 4.15. The van der Waals surface area contributed by atoms with Gasteiger partial charge in [0.25, 0.3) is 5.56 Å². The number of rotatable bonds is 3. The van der Waals surface area contributed by atoms with Gasteiger partial charge in [-0.3, -0.25) is 13.9 Å². The monoisotopic (exact) mass is 334 g/mol. The summed E-state index contributed by atoms with van der Waals surface area (Å²) in [5.41, 5.74) is -0.351. The number of aryl methyl sites for hydroxylation is 2. The molecule has 2 aromatic rings. The van der Waals surface area contributed by atoms with Crippen LogP contribution in [0.1, 0.15) is 39.5 Å².